The summed E-state index contributed by atoms with van der Waals surface area (Å²) in [6.45, 7) is 14.6. The second-order valence-corrected chi connectivity index (χ2v) is 7.48. The molecular formula is C16H29N3S. The Kier molecular flexibility index (Phi) is 4.88. The molecule has 0 radical (unpaired) electrons. The number of thiazole rings is 1. The van der Waals surface area contributed by atoms with Gasteiger partial charge >= 0.3 is 0 Å². The lowest BCUT2D eigenvalue weighted by Gasteiger charge is -2.53. The fourth-order valence-electron chi connectivity index (χ4n) is 3.22. The molecule has 0 saturated carbocycles. The predicted molar refractivity (Wildman–Crippen MR) is 87.3 cm³/mol. The number of hydrogen-bond acceptors (Lipinski definition) is 4. The SMILES string of the molecule is CCC1(C)CN(Cc2csc(C)n2)C(CC)(CC)CN1. The summed E-state index contributed by atoms with van der Waals surface area (Å²) >= 11 is 1.76. The maximum absolute atomic E-state index is 4.67. The van der Waals surface area contributed by atoms with E-state index in [9.17, 15) is 0 Å². The molecule has 1 fully saturated rings. The van der Waals surface area contributed by atoms with Crippen LogP contribution in [0.4, 0.5) is 0 Å². The van der Waals surface area contributed by atoms with Gasteiger partial charge in [0.15, 0.2) is 0 Å². The molecule has 0 spiro atoms. The minimum atomic E-state index is 0.235. The van der Waals surface area contributed by atoms with Crippen molar-refractivity contribution in [3.63, 3.8) is 0 Å². The zero-order chi connectivity index (χ0) is 14.8. The van der Waals surface area contributed by atoms with Gasteiger partial charge in [0.1, 0.15) is 0 Å². The lowest BCUT2D eigenvalue weighted by molar-refractivity contribution is -0.00480. The first kappa shape index (κ1) is 15.9. The van der Waals surface area contributed by atoms with Crippen LogP contribution in [-0.4, -0.2) is 34.1 Å². The highest BCUT2D eigenvalue weighted by molar-refractivity contribution is 7.09. The van der Waals surface area contributed by atoms with E-state index in [-0.39, 0.29) is 11.1 Å². The van der Waals surface area contributed by atoms with Crippen LogP contribution in [0.5, 0.6) is 0 Å². The van der Waals surface area contributed by atoms with Crippen LogP contribution in [0.2, 0.25) is 0 Å². The first-order chi connectivity index (χ1) is 9.47. The van der Waals surface area contributed by atoms with Crippen molar-refractivity contribution in [2.24, 2.45) is 0 Å². The van der Waals surface area contributed by atoms with Gasteiger partial charge in [0, 0.05) is 36.1 Å². The number of nitrogens with zero attached hydrogens (tertiary/aromatic N) is 2. The van der Waals surface area contributed by atoms with Crippen molar-refractivity contribution >= 4 is 11.3 Å². The van der Waals surface area contributed by atoms with Gasteiger partial charge in [-0.25, -0.2) is 4.98 Å². The van der Waals surface area contributed by atoms with E-state index in [1.807, 2.05) is 0 Å². The summed E-state index contributed by atoms with van der Waals surface area (Å²) in [6.07, 6.45) is 3.56. The van der Waals surface area contributed by atoms with Crippen LogP contribution >= 0.6 is 11.3 Å². The zero-order valence-electron chi connectivity index (χ0n) is 13.6. The van der Waals surface area contributed by atoms with Gasteiger partial charge in [-0.2, -0.15) is 0 Å². The van der Waals surface area contributed by atoms with Crippen LogP contribution < -0.4 is 5.32 Å². The molecule has 1 saturated heterocycles. The van der Waals surface area contributed by atoms with Gasteiger partial charge < -0.3 is 5.32 Å². The van der Waals surface area contributed by atoms with Crippen molar-refractivity contribution in [2.45, 2.75) is 71.5 Å². The highest BCUT2D eigenvalue weighted by Crippen LogP contribution is 2.32. The number of piperazine rings is 1. The number of aromatic nitrogens is 1. The normalized spacial score (nSPS) is 26.9. The van der Waals surface area contributed by atoms with Gasteiger partial charge in [0.25, 0.3) is 0 Å². The molecule has 20 heavy (non-hydrogen) atoms. The third-order valence-electron chi connectivity index (χ3n) is 5.17. The molecular weight excluding hydrogens is 266 g/mol. The minimum absolute atomic E-state index is 0.235. The topological polar surface area (TPSA) is 28.2 Å². The van der Waals surface area contributed by atoms with Gasteiger partial charge in [0.2, 0.25) is 0 Å². The second-order valence-electron chi connectivity index (χ2n) is 6.41. The zero-order valence-corrected chi connectivity index (χ0v) is 14.4. The molecule has 1 aromatic rings. The van der Waals surface area contributed by atoms with Crippen LogP contribution in [0, 0.1) is 6.92 Å². The monoisotopic (exact) mass is 295 g/mol. The van der Waals surface area contributed by atoms with E-state index < -0.39 is 0 Å². The summed E-state index contributed by atoms with van der Waals surface area (Å²) in [5, 5.41) is 7.19. The number of rotatable bonds is 5. The van der Waals surface area contributed by atoms with Crippen LogP contribution in [0.1, 0.15) is 57.7 Å². The molecule has 1 aromatic heterocycles. The molecule has 114 valence electrons. The van der Waals surface area contributed by atoms with E-state index in [1.54, 1.807) is 11.3 Å². The van der Waals surface area contributed by atoms with Gasteiger partial charge in [-0.1, -0.05) is 20.8 Å². The van der Waals surface area contributed by atoms with Crippen molar-refractivity contribution in [2.75, 3.05) is 13.1 Å². The molecule has 1 N–H and O–H groups in total. The van der Waals surface area contributed by atoms with E-state index in [1.165, 1.54) is 30.0 Å². The third kappa shape index (κ3) is 3.07. The number of nitrogens with one attached hydrogen (secondary N) is 1. The van der Waals surface area contributed by atoms with Gasteiger partial charge in [-0.05, 0) is 33.1 Å². The Labute approximate surface area is 127 Å². The van der Waals surface area contributed by atoms with Crippen LogP contribution in [0.3, 0.4) is 0 Å². The molecule has 1 atom stereocenters. The highest BCUT2D eigenvalue weighted by atomic mass is 32.1. The van der Waals surface area contributed by atoms with Crippen molar-refractivity contribution < 1.29 is 0 Å². The van der Waals surface area contributed by atoms with Crippen molar-refractivity contribution in [1.29, 1.82) is 0 Å². The molecule has 3 nitrogen and oxygen atoms in total. The standard InChI is InChI=1S/C16H29N3S/c1-6-15(5)12-19(9-14-10-20-13(4)18-14)16(7-2,8-3)11-17-15/h10,17H,6-9,11-12H2,1-5H3. The molecule has 1 aliphatic rings. The summed E-state index contributed by atoms with van der Waals surface area (Å²) in [5.41, 5.74) is 1.75. The molecule has 0 amide bonds. The fraction of sp³-hybridized carbons (Fsp3) is 0.812. The van der Waals surface area contributed by atoms with E-state index in [4.69, 9.17) is 0 Å². The molecule has 0 aromatic carbocycles. The first-order valence-electron chi connectivity index (χ1n) is 7.88. The molecule has 4 heteroatoms. The average molecular weight is 295 g/mol. The van der Waals surface area contributed by atoms with Gasteiger partial charge in [-0.15, -0.1) is 11.3 Å². The lowest BCUT2D eigenvalue weighted by Crippen LogP contribution is -2.68. The van der Waals surface area contributed by atoms with Gasteiger partial charge in [0.05, 0.1) is 10.7 Å². The third-order valence-corrected chi connectivity index (χ3v) is 5.99. The Morgan fingerprint density at radius 2 is 2.00 bits per heavy atom. The van der Waals surface area contributed by atoms with Crippen molar-refractivity contribution in [3.05, 3.63) is 16.1 Å². The average Bonchev–Trinajstić information content (AvgIpc) is 2.85. The predicted octanol–water partition coefficient (Wildman–Crippen LogP) is 3.58. The van der Waals surface area contributed by atoms with Crippen molar-refractivity contribution in [1.82, 2.24) is 15.2 Å². The molecule has 1 unspecified atom stereocenters. The molecule has 1 aliphatic heterocycles. The summed E-state index contributed by atoms with van der Waals surface area (Å²) in [6, 6.07) is 0. The Balaban J connectivity index is 2.21. The maximum Gasteiger partial charge on any atom is 0.0897 e. The van der Waals surface area contributed by atoms with E-state index in [0.717, 1.165) is 19.6 Å². The van der Waals surface area contributed by atoms with Crippen LogP contribution in [0.25, 0.3) is 0 Å². The number of hydrogen-bond donors (Lipinski definition) is 1. The molecule has 0 bridgehead atoms. The lowest BCUT2D eigenvalue weighted by atomic mass is 9.82. The Morgan fingerprint density at radius 3 is 2.50 bits per heavy atom. The summed E-state index contributed by atoms with van der Waals surface area (Å²) in [7, 11) is 0. The Bertz CT molecular complexity index is 439. The minimum Gasteiger partial charge on any atom is -0.308 e. The molecule has 2 heterocycles. The highest BCUT2D eigenvalue weighted by Gasteiger charge is 2.42. The Hall–Kier alpha value is -0.450. The summed E-state index contributed by atoms with van der Waals surface area (Å²) < 4.78 is 0. The van der Waals surface area contributed by atoms with E-state index in [2.05, 4.69) is 55.2 Å². The quantitative estimate of drug-likeness (QED) is 0.900. The first-order valence-corrected chi connectivity index (χ1v) is 8.76. The molecule has 2 rings (SSSR count). The maximum atomic E-state index is 4.67. The Morgan fingerprint density at radius 1 is 1.30 bits per heavy atom. The number of aryl methyl sites for hydroxylation is 1. The second kappa shape index (κ2) is 6.12. The fourth-order valence-corrected chi connectivity index (χ4v) is 3.82. The smallest absolute Gasteiger partial charge is 0.0897 e. The summed E-state index contributed by atoms with van der Waals surface area (Å²) in [4.78, 5) is 7.35. The summed E-state index contributed by atoms with van der Waals surface area (Å²) in [5.74, 6) is 0. The van der Waals surface area contributed by atoms with Crippen LogP contribution in [-0.2, 0) is 6.54 Å². The van der Waals surface area contributed by atoms with Crippen LogP contribution in [0.15, 0.2) is 5.38 Å². The molecule has 0 aliphatic carbocycles. The van der Waals surface area contributed by atoms with E-state index >= 15 is 0 Å². The van der Waals surface area contributed by atoms with E-state index in [0.29, 0.717) is 0 Å². The largest absolute Gasteiger partial charge is 0.308 e. The van der Waals surface area contributed by atoms with Gasteiger partial charge in [-0.3, -0.25) is 4.90 Å². The van der Waals surface area contributed by atoms with Crippen molar-refractivity contribution in [3.8, 4) is 0 Å².